The summed E-state index contributed by atoms with van der Waals surface area (Å²) in [4.78, 5) is 46.7. The number of nitrogens with one attached hydrogen (secondary N) is 2. The molecule has 3 atom stereocenters. The summed E-state index contributed by atoms with van der Waals surface area (Å²) in [5, 5.41) is 5.43. The van der Waals surface area contributed by atoms with Gasteiger partial charge >= 0.3 is 24.1 Å². The van der Waals surface area contributed by atoms with Crippen LogP contribution in [0.2, 0.25) is 0 Å². The third kappa shape index (κ3) is 16.3. The number of rotatable bonds is 15. The van der Waals surface area contributed by atoms with Crippen molar-refractivity contribution in [2.75, 3.05) is 26.3 Å². The number of hydrogen-bond acceptors (Lipinski definition) is 8. The molecular weight excluding hydrogens is 456 g/mol. The second kappa shape index (κ2) is 15.8. The molecule has 35 heavy (non-hydrogen) atoms. The van der Waals surface area contributed by atoms with Gasteiger partial charge in [-0.25, -0.2) is 19.2 Å². The zero-order valence-electron chi connectivity index (χ0n) is 22.2. The van der Waals surface area contributed by atoms with Gasteiger partial charge in [0.05, 0.1) is 0 Å². The maximum Gasteiger partial charge on any atom is 0.407 e. The predicted octanol–water partition coefficient (Wildman–Crippen LogP) is 3.90. The number of ether oxygens (including phenoxy) is 4. The molecule has 0 bridgehead atoms. The Morgan fingerprint density at radius 1 is 0.800 bits per heavy atom. The smallest absolute Gasteiger partial charge is 0.407 e. The minimum atomic E-state index is -0.591. The van der Waals surface area contributed by atoms with Crippen molar-refractivity contribution in [1.29, 1.82) is 0 Å². The predicted molar refractivity (Wildman–Crippen MR) is 132 cm³/mol. The van der Waals surface area contributed by atoms with Crippen molar-refractivity contribution in [3.8, 4) is 0 Å². The van der Waals surface area contributed by atoms with Gasteiger partial charge in [0.15, 0.2) is 0 Å². The summed E-state index contributed by atoms with van der Waals surface area (Å²) in [6, 6.07) is 0. The van der Waals surface area contributed by atoms with Gasteiger partial charge < -0.3 is 29.6 Å². The van der Waals surface area contributed by atoms with Gasteiger partial charge in [0.2, 0.25) is 0 Å². The molecule has 3 unspecified atom stereocenters. The van der Waals surface area contributed by atoms with Gasteiger partial charge in [-0.05, 0) is 51.9 Å². The molecular formula is C25H42N2O8. The molecule has 0 aromatic carbocycles. The lowest BCUT2D eigenvalue weighted by Gasteiger charge is -2.28. The van der Waals surface area contributed by atoms with Gasteiger partial charge in [-0.1, -0.05) is 33.9 Å². The van der Waals surface area contributed by atoms with Crippen molar-refractivity contribution in [3.63, 3.8) is 0 Å². The Bertz CT molecular complexity index is 763. The molecule has 200 valence electrons. The maximum atomic E-state index is 12.0. The van der Waals surface area contributed by atoms with E-state index in [0.29, 0.717) is 19.5 Å². The SMILES string of the molecule is C=C(C)C(=O)OCC(C)OC(=O)NCCC(C)CC(C)(C)CNC(=O)OC(C)COC(=O)C(=C)C. The number of carbonyl (C=O) groups is 4. The van der Waals surface area contributed by atoms with E-state index >= 15 is 0 Å². The van der Waals surface area contributed by atoms with Crippen molar-refractivity contribution >= 4 is 24.1 Å². The molecule has 0 spiro atoms. The first kappa shape index (κ1) is 32.0. The molecule has 2 N–H and O–H groups in total. The fraction of sp³-hybridized carbons (Fsp3) is 0.680. The van der Waals surface area contributed by atoms with Crippen molar-refractivity contribution in [1.82, 2.24) is 10.6 Å². The minimum absolute atomic E-state index is 0.0441. The lowest BCUT2D eigenvalue weighted by molar-refractivity contribution is -0.142. The third-order valence-corrected chi connectivity index (χ3v) is 4.73. The number of carbonyl (C=O) groups excluding carboxylic acids is 4. The molecule has 0 heterocycles. The summed E-state index contributed by atoms with van der Waals surface area (Å²) in [6.45, 7) is 20.1. The molecule has 10 nitrogen and oxygen atoms in total. The Kier molecular flexibility index (Phi) is 14.4. The van der Waals surface area contributed by atoms with Crippen LogP contribution >= 0.6 is 0 Å². The lowest BCUT2D eigenvalue weighted by Crippen LogP contribution is -2.37. The molecule has 0 rings (SSSR count). The molecule has 0 saturated heterocycles. The van der Waals surface area contributed by atoms with Crippen LogP contribution in [-0.2, 0) is 28.5 Å². The molecule has 0 saturated carbocycles. The number of hydrogen-bond donors (Lipinski definition) is 2. The van der Waals surface area contributed by atoms with Gasteiger partial charge in [0.25, 0.3) is 0 Å². The summed E-state index contributed by atoms with van der Waals surface area (Å²) in [7, 11) is 0. The average Bonchev–Trinajstić information content (AvgIpc) is 2.73. The highest BCUT2D eigenvalue weighted by Crippen LogP contribution is 2.26. The van der Waals surface area contributed by atoms with Gasteiger partial charge in [0, 0.05) is 24.2 Å². The van der Waals surface area contributed by atoms with Crippen LogP contribution in [0.4, 0.5) is 9.59 Å². The highest BCUT2D eigenvalue weighted by atomic mass is 16.6. The van der Waals surface area contributed by atoms with Gasteiger partial charge in [0.1, 0.15) is 25.4 Å². The van der Waals surface area contributed by atoms with E-state index in [1.807, 2.05) is 13.8 Å². The zero-order chi connectivity index (χ0) is 27.2. The second-order valence-corrected chi connectivity index (χ2v) is 9.73. The van der Waals surface area contributed by atoms with Crippen LogP contribution in [0.15, 0.2) is 24.3 Å². The van der Waals surface area contributed by atoms with E-state index < -0.39 is 36.3 Å². The van der Waals surface area contributed by atoms with Crippen molar-refractivity contribution < 1.29 is 38.1 Å². The van der Waals surface area contributed by atoms with Gasteiger partial charge in [-0.2, -0.15) is 0 Å². The molecule has 0 aliphatic heterocycles. The topological polar surface area (TPSA) is 129 Å². The Morgan fingerprint density at radius 3 is 1.66 bits per heavy atom. The van der Waals surface area contributed by atoms with E-state index in [1.165, 1.54) is 6.92 Å². The summed E-state index contributed by atoms with van der Waals surface area (Å²) in [6.07, 6.45) is -0.829. The normalized spacial score (nSPS) is 13.5. The maximum absolute atomic E-state index is 12.0. The Labute approximate surface area is 208 Å². The first-order chi connectivity index (χ1) is 16.1. The van der Waals surface area contributed by atoms with E-state index in [9.17, 15) is 19.2 Å². The second-order valence-electron chi connectivity index (χ2n) is 9.73. The Balaban J connectivity index is 4.18. The quantitative estimate of drug-likeness (QED) is 0.198. The third-order valence-electron chi connectivity index (χ3n) is 4.73. The Hall–Kier alpha value is -3.04. The standard InChI is InChI=1S/C25H42N2O8/c1-16(2)21(28)32-13-19(6)34-23(30)26-11-10-18(5)12-25(8,9)15-27-24(31)35-20(7)14-33-22(29)17(3)4/h18-20H,1,3,10-15H2,2,4-9H3,(H,26,30)(H,27,31). The monoisotopic (exact) mass is 498 g/mol. The van der Waals surface area contributed by atoms with Crippen LogP contribution in [0, 0.1) is 11.3 Å². The molecule has 0 aromatic heterocycles. The van der Waals surface area contributed by atoms with E-state index in [0.717, 1.165) is 6.42 Å². The first-order valence-corrected chi connectivity index (χ1v) is 11.7. The molecule has 0 aromatic rings. The molecule has 0 aliphatic carbocycles. The van der Waals surface area contributed by atoms with Crippen LogP contribution in [0.3, 0.4) is 0 Å². The van der Waals surface area contributed by atoms with Gasteiger partial charge in [-0.3, -0.25) is 0 Å². The van der Waals surface area contributed by atoms with E-state index in [2.05, 4.69) is 30.7 Å². The highest BCUT2D eigenvalue weighted by Gasteiger charge is 2.23. The van der Waals surface area contributed by atoms with E-state index in [1.54, 1.807) is 20.8 Å². The van der Waals surface area contributed by atoms with Crippen molar-refractivity contribution in [2.24, 2.45) is 11.3 Å². The number of amides is 2. The lowest BCUT2D eigenvalue weighted by atomic mass is 9.82. The molecule has 10 heteroatoms. The molecule has 2 amide bonds. The fourth-order valence-corrected chi connectivity index (χ4v) is 3.00. The van der Waals surface area contributed by atoms with E-state index in [4.69, 9.17) is 18.9 Å². The fourth-order valence-electron chi connectivity index (χ4n) is 3.00. The van der Waals surface area contributed by atoms with Crippen molar-refractivity contribution in [3.05, 3.63) is 24.3 Å². The van der Waals surface area contributed by atoms with Crippen molar-refractivity contribution in [2.45, 2.75) is 73.5 Å². The average molecular weight is 499 g/mol. The van der Waals surface area contributed by atoms with Crippen LogP contribution in [0.5, 0.6) is 0 Å². The minimum Gasteiger partial charge on any atom is -0.458 e. The summed E-state index contributed by atoms with van der Waals surface area (Å²) in [5.74, 6) is -0.798. The Morgan fingerprint density at radius 2 is 1.23 bits per heavy atom. The largest absolute Gasteiger partial charge is 0.458 e. The first-order valence-electron chi connectivity index (χ1n) is 11.7. The zero-order valence-corrected chi connectivity index (χ0v) is 22.2. The van der Waals surface area contributed by atoms with Crippen LogP contribution in [0.25, 0.3) is 0 Å². The van der Waals surface area contributed by atoms with E-state index in [-0.39, 0.29) is 35.7 Å². The molecule has 0 aliphatic rings. The number of alkyl carbamates (subject to hydrolysis) is 2. The van der Waals surface area contributed by atoms with Crippen LogP contribution in [-0.4, -0.2) is 62.6 Å². The van der Waals surface area contributed by atoms with Gasteiger partial charge in [-0.15, -0.1) is 0 Å². The molecule has 0 radical (unpaired) electrons. The molecule has 0 fully saturated rings. The summed E-state index contributed by atoms with van der Waals surface area (Å²) < 4.78 is 20.3. The summed E-state index contributed by atoms with van der Waals surface area (Å²) in [5.41, 5.74) is 0.346. The summed E-state index contributed by atoms with van der Waals surface area (Å²) >= 11 is 0. The van der Waals surface area contributed by atoms with Crippen LogP contribution in [0.1, 0.15) is 61.3 Å². The van der Waals surface area contributed by atoms with Crippen LogP contribution < -0.4 is 10.6 Å². The highest BCUT2D eigenvalue weighted by molar-refractivity contribution is 5.87. The number of esters is 2.